The summed E-state index contributed by atoms with van der Waals surface area (Å²) in [5.74, 6) is -0.869. The number of hydrogen-bond acceptors (Lipinski definition) is 6. The smallest absolute Gasteiger partial charge is 0.363 e. The lowest BCUT2D eigenvalue weighted by Gasteiger charge is -2.23. The van der Waals surface area contributed by atoms with Gasteiger partial charge in [0.2, 0.25) is 5.78 Å². The quantitative estimate of drug-likeness (QED) is 0.306. The fourth-order valence-corrected chi connectivity index (χ4v) is 3.20. The highest BCUT2D eigenvalue weighted by Gasteiger charge is 2.50. The van der Waals surface area contributed by atoms with Gasteiger partial charge in [-0.05, 0) is 35.4 Å². The summed E-state index contributed by atoms with van der Waals surface area (Å²) in [6, 6.07) is 23.3. The fourth-order valence-electron chi connectivity index (χ4n) is 2.64. The van der Waals surface area contributed by atoms with E-state index in [0.717, 1.165) is 5.56 Å². The minimum absolute atomic E-state index is 0.171. The Morgan fingerprint density at radius 2 is 1.30 bits per heavy atom. The Kier molecular flexibility index (Phi) is 6.63. The van der Waals surface area contributed by atoms with Gasteiger partial charge >= 0.3 is 15.2 Å². The summed E-state index contributed by atoms with van der Waals surface area (Å²) in [4.78, 5) is 12.7. The molecule has 0 saturated carbocycles. The van der Waals surface area contributed by atoms with Crippen molar-refractivity contribution in [3.8, 4) is 5.75 Å². The van der Waals surface area contributed by atoms with Crippen molar-refractivity contribution in [3.63, 3.8) is 0 Å². The molecule has 8 heteroatoms. The first-order valence-corrected chi connectivity index (χ1v) is 10.4. The lowest BCUT2D eigenvalue weighted by molar-refractivity contribution is -0.118. The van der Waals surface area contributed by atoms with Gasteiger partial charge in [-0.3, -0.25) is 9.35 Å². The van der Waals surface area contributed by atoms with Crippen LogP contribution in [-0.4, -0.2) is 29.0 Å². The number of carbonyl (C=O) groups excluding carboxylic acids is 1. The highest BCUT2D eigenvalue weighted by molar-refractivity contribution is 7.87. The van der Waals surface area contributed by atoms with E-state index in [1.807, 2.05) is 30.3 Å². The molecule has 0 spiro atoms. The van der Waals surface area contributed by atoms with Crippen molar-refractivity contribution in [1.29, 1.82) is 0 Å². The van der Waals surface area contributed by atoms with Crippen molar-refractivity contribution >= 4 is 15.9 Å². The van der Waals surface area contributed by atoms with Gasteiger partial charge in [-0.15, -0.1) is 0 Å². The summed E-state index contributed by atoms with van der Waals surface area (Å²) in [6.07, 6.45) is 0. The molecule has 2 N–H and O–H groups in total. The summed E-state index contributed by atoms with van der Waals surface area (Å²) in [6.45, 7) is -0.0928. The first-order valence-electron chi connectivity index (χ1n) is 8.98. The second-order valence-electron chi connectivity index (χ2n) is 6.46. The molecule has 0 aliphatic heterocycles. The van der Waals surface area contributed by atoms with Gasteiger partial charge in [0.1, 0.15) is 12.4 Å². The Bertz CT molecular complexity index is 1080. The number of aliphatic hydroxyl groups is 1. The number of hydrogen-bond donors (Lipinski definition) is 2. The van der Waals surface area contributed by atoms with Crippen molar-refractivity contribution in [1.82, 2.24) is 0 Å². The van der Waals surface area contributed by atoms with Gasteiger partial charge in [0, 0.05) is 5.56 Å². The zero-order chi connectivity index (χ0) is 21.6. The van der Waals surface area contributed by atoms with Crippen molar-refractivity contribution in [2.45, 2.75) is 18.3 Å². The molecule has 0 radical (unpaired) electrons. The third-order valence-corrected chi connectivity index (χ3v) is 5.28. The Hall–Kier alpha value is -3.04. The molecule has 0 fully saturated rings. The van der Waals surface area contributed by atoms with E-state index in [2.05, 4.69) is 0 Å². The molecule has 0 amide bonds. The highest BCUT2D eigenvalue weighted by atomic mass is 32.2. The lowest BCUT2D eigenvalue weighted by atomic mass is 10.1. The second kappa shape index (κ2) is 9.19. The number of rotatable bonds is 9. The maximum Gasteiger partial charge on any atom is 0.363 e. The SMILES string of the molecule is O=C(c1ccc(OCc2ccccc2)cc1)C(O)(OCc1ccccc1)S(=O)(=O)O. The molecule has 3 aromatic carbocycles. The van der Waals surface area contributed by atoms with Gasteiger partial charge in [0.25, 0.3) is 0 Å². The van der Waals surface area contributed by atoms with Gasteiger partial charge in [-0.1, -0.05) is 60.7 Å². The first kappa shape index (κ1) is 21.7. The molecule has 0 aliphatic carbocycles. The molecule has 0 bridgehead atoms. The van der Waals surface area contributed by atoms with E-state index in [1.165, 1.54) is 24.3 Å². The molecule has 0 saturated heterocycles. The lowest BCUT2D eigenvalue weighted by Crippen LogP contribution is -2.48. The maximum atomic E-state index is 12.7. The van der Waals surface area contributed by atoms with Crippen LogP contribution < -0.4 is 4.74 Å². The largest absolute Gasteiger partial charge is 0.489 e. The summed E-state index contributed by atoms with van der Waals surface area (Å²) in [5, 5.41) is 6.98. The minimum Gasteiger partial charge on any atom is -0.489 e. The van der Waals surface area contributed by atoms with Gasteiger partial charge < -0.3 is 14.6 Å². The molecule has 0 aliphatic rings. The van der Waals surface area contributed by atoms with E-state index < -0.39 is 27.6 Å². The average molecular weight is 428 g/mol. The molecule has 156 valence electrons. The summed E-state index contributed by atoms with van der Waals surface area (Å²) >= 11 is 0. The van der Waals surface area contributed by atoms with E-state index >= 15 is 0 Å². The molecular formula is C22H20O7S. The first-order chi connectivity index (χ1) is 14.3. The molecule has 30 heavy (non-hydrogen) atoms. The van der Waals surface area contributed by atoms with E-state index in [9.17, 15) is 22.9 Å². The zero-order valence-electron chi connectivity index (χ0n) is 15.8. The van der Waals surface area contributed by atoms with Gasteiger partial charge in [0.15, 0.2) is 0 Å². The number of carbonyl (C=O) groups is 1. The van der Waals surface area contributed by atoms with Crippen LogP contribution >= 0.6 is 0 Å². The standard InChI is InChI=1S/C22H20O7S/c23-21(22(24,30(25,26)27)29-16-18-9-5-2-6-10-18)19-11-13-20(14-12-19)28-15-17-7-3-1-4-8-17/h1-14,24H,15-16H2,(H,25,26,27). The average Bonchev–Trinajstić information content (AvgIpc) is 2.76. The predicted molar refractivity (Wildman–Crippen MR) is 109 cm³/mol. The summed E-state index contributed by atoms with van der Waals surface area (Å²) < 4.78 is 43.5. The van der Waals surface area contributed by atoms with Crippen molar-refractivity contribution < 1.29 is 32.3 Å². The van der Waals surface area contributed by atoms with E-state index in [0.29, 0.717) is 17.9 Å². The van der Waals surface area contributed by atoms with Crippen LogP contribution in [0.5, 0.6) is 5.75 Å². The minimum atomic E-state index is -5.29. The van der Waals surface area contributed by atoms with Crippen molar-refractivity contribution in [3.05, 3.63) is 102 Å². The molecule has 3 aromatic rings. The third-order valence-electron chi connectivity index (χ3n) is 4.28. The number of ketones is 1. The molecule has 1 unspecified atom stereocenters. The highest BCUT2D eigenvalue weighted by Crippen LogP contribution is 2.24. The van der Waals surface area contributed by atoms with Crippen molar-refractivity contribution in [2.75, 3.05) is 0 Å². The molecule has 3 rings (SSSR count). The molecule has 0 aromatic heterocycles. The van der Waals surface area contributed by atoms with Crippen LogP contribution in [0.1, 0.15) is 21.5 Å². The van der Waals surface area contributed by atoms with E-state index in [4.69, 9.17) is 9.47 Å². The molecular weight excluding hydrogens is 408 g/mol. The van der Waals surface area contributed by atoms with Crippen LogP contribution in [0.15, 0.2) is 84.9 Å². The topological polar surface area (TPSA) is 110 Å². The fraction of sp³-hybridized carbons (Fsp3) is 0.136. The summed E-state index contributed by atoms with van der Waals surface area (Å²) in [7, 11) is -5.29. The Morgan fingerprint density at radius 3 is 1.80 bits per heavy atom. The normalized spacial score (nSPS) is 13.4. The van der Waals surface area contributed by atoms with Crippen LogP contribution in [0, 0.1) is 0 Å². The Balaban J connectivity index is 1.74. The van der Waals surface area contributed by atoms with E-state index in [1.54, 1.807) is 30.3 Å². The molecule has 7 nitrogen and oxygen atoms in total. The second-order valence-corrected chi connectivity index (χ2v) is 7.96. The maximum absolute atomic E-state index is 12.7. The Labute approximate surface area is 174 Å². The number of ether oxygens (including phenoxy) is 2. The number of Topliss-reactive ketones (excluding diaryl/α,β-unsaturated/α-hetero) is 1. The van der Waals surface area contributed by atoms with Crippen LogP contribution in [0.25, 0.3) is 0 Å². The molecule has 1 atom stereocenters. The van der Waals surface area contributed by atoms with Crippen LogP contribution in [0.2, 0.25) is 0 Å². The number of benzene rings is 3. The summed E-state index contributed by atoms with van der Waals surface area (Å²) in [5.41, 5.74) is 1.29. The van der Waals surface area contributed by atoms with Gasteiger partial charge in [-0.2, -0.15) is 8.42 Å². The van der Waals surface area contributed by atoms with Crippen LogP contribution in [0.3, 0.4) is 0 Å². The Morgan fingerprint density at radius 1 is 0.800 bits per heavy atom. The molecule has 0 heterocycles. The van der Waals surface area contributed by atoms with Gasteiger partial charge in [0.05, 0.1) is 6.61 Å². The van der Waals surface area contributed by atoms with Gasteiger partial charge in [-0.25, -0.2) is 0 Å². The monoisotopic (exact) mass is 428 g/mol. The van der Waals surface area contributed by atoms with Crippen LogP contribution in [-0.2, 0) is 28.1 Å². The third kappa shape index (κ3) is 5.11. The predicted octanol–water partition coefficient (Wildman–Crippen LogP) is 3.20. The van der Waals surface area contributed by atoms with E-state index in [-0.39, 0.29) is 5.56 Å². The van der Waals surface area contributed by atoms with Crippen LogP contribution in [0.4, 0.5) is 0 Å². The van der Waals surface area contributed by atoms with Crippen molar-refractivity contribution in [2.24, 2.45) is 0 Å². The zero-order valence-corrected chi connectivity index (χ0v) is 16.7.